The van der Waals surface area contributed by atoms with Gasteiger partial charge in [-0.2, -0.15) is 0 Å². The van der Waals surface area contributed by atoms with Crippen molar-refractivity contribution in [2.24, 2.45) is 0 Å². The molecule has 0 radical (unpaired) electrons. The van der Waals surface area contributed by atoms with Gasteiger partial charge in [-0.15, -0.1) is 0 Å². The van der Waals surface area contributed by atoms with Gasteiger partial charge >= 0.3 is 17.9 Å². The van der Waals surface area contributed by atoms with Crippen molar-refractivity contribution in [3.05, 3.63) is 0 Å². The number of ether oxygens (including phenoxy) is 3. The van der Waals surface area contributed by atoms with Gasteiger partial charge in [-0.1, -0.05) is 213 Å². The van der Waals surface area contributed by atoms with E-state index in [0.717, 1.165) is 64.3 Å². The minimum Gasteiger partial charge on any atom is -0.463 e. The lowest BCUT2D eigenvalue weighted by molar-refractivity contribution is -0.157. The van der Waals surface area contributed by atoms with Gasteiger partial charge in [0.25, 0.3) is 0 Å². The van der Waals surface area contributed by atoms with Gasteiger partial charge in [-0.25, -0.2) is 13.1 Å². The Morgan fingerprint density at radius 1 is 0.415 bits per heavy atom. The summed E-state index contributed by atoms with van der Waals surface area (Å²) in [7, 11) is 0.248. The van der Waals surface area contributed by atoms with Crippen molar-refractivity contribution in [3.8, 4) is 0 Å². The van der Waals surface area contributed by atoms with Gasteiger partial charge in [0, 0.05) is 32.4 Å². The number of nitrogens with zero attached hydrogens (tertiary/aromatic N) is 1. The van der Waals surface area contributed by atoms with Crippen molar-refractivity contribution in [3.63, 3.8) is 0 Å². The number of esters is 3. The first-order valence-electron chi connectivity index (χ1n) is 27.3. The molecule has 0 heterocycles. The third-order valence-corrected chi connectivity index (χ3v) is 13.8. The lowest BCUT2D eigenvalue weighted by Crippen LogP contribution is -2.58. The molecule has 0 saturated carbocycles. The Morgan fingerprint density at radius 3 is 0.969 bits per heavy atom. The normalized spacial score (nSPS) is 12.0. The molecule has 11 nitrogen and oxygen atoms in total. The molecule has 0 amide bonds. The first kappa shape index (κ1) is 63.2. The van der Waals surface area contributed by atoms with Crippen LogP contribution in [0.3, 0.4) is 0 Å². The molecule has 0 aromatic rings. The molecule has 0 aliphatic heterocycles. The summed E-state index contributed by atoms with van der Waals surface area (Å²) >= 11 is 0. The van der Waals surface area contributed by atoms with E-state index in [9.17, 15) is 22.8 Å². The number of unbranched alkanes of at least 4 members (excludes halogenated alkanes) is 30. The number of hydrogen-bond acceptors (Lipinski definition) is 10. The summed E-state index contributed by atoms with van der Waals surface area (Å²) in [5.74, 6) is -1.37. The van der Waals surface area contributed by atoms with E-state index < -0.39 is 15.6 Å². The number of rotatable bonds is 51. The van der Waals surface area contributed by atoms with Gasteiger partial charge < -0.3 is 24.4 Å². The van der Waals surface area contributed by atoms with Gasteiger partial charge in [0.1, 0.15) is 25.4 Å². The summed E-state index contributed by atoms with van der Waals surface area (Å²) in [5, 5.41) is 3.24. The number of hydrogen-bond donors (Lipinski definition) is 2. The van der Waals surface area contributed by atoms with Crippen LogP contribution in [0.5, 0.6) is 0 Å². The monoisotopic (exact) mass is 944 g/mol. The van der Waals surface area contributed by atoms with Crippen molar-refractivity contribution in [1.29, 1.82) is 0 Å². The van der Waals surface area contributed by atoms with Crippen molar-refractivity contribution >= 4 is 27.9 Å². The Balaban J connectivity index is 5.49. The third-order valence-electron chi connectivity index (χ3n) is 12.5. The Labute approximate surface area is 401 Å². The van der Waals surface area contributed by atoms with Crippen molar-refractivity contribution in [2.75, 3.05) is 59.3 Å². The highest BCUT2D eigenvalue weighted by Gasteiger charge is 2.36. The predicted octanol–water partition coefficient (Wildman–Crippen LogP) is 12.9. The van der Waals surface area contributed by atoms with E-state index in [4.69, 9.17) is 14.2 Å². The molecule has 0 bridgehead atoms. The van der Waals surface area contributed by atoms with Crippen LogP contribution in [0, 0.1) is 0 Å². The van der Waals surface area contributed by atoms with Crippen molar-refractivity contribution < 1.29 is 37.0 Å². The summed E-state index contributed by atoms with van der Waals surface area (Å²) in [4.78, 5) is 41.4. The molecule has 2 N–H and O–H groups in total. The lowest BCUT2D eigenvalue weighted by atomic mass is 10.0. The maximum atomic E-state index is 13.1. The highest BCUT2D eigenvalue weighted by molar-refractivity contribution is 7.89. The molecule has 0 rings (SSSR count). The largest absolute Gasteiger partial charge is 0.463 e. The smallest absolute Gasteiger partial charge is 0.305 e. The van der Waals surface area contributed by atoms with Crippen LogP contribution in [0.15, 0.2) is 0 Å². The maximum absolute atomic E-state index is 13.1. The molecule has 65 heavy (non-hydrogen) atoms. The zero-order valence-corrected chi connectivity index (χ0v) is 44.1. The molecule has 0 aliphatic rings. The number of carbonyl (C=O) groups excluding carboxylic acids is 3. The Morgan fingerprint density at radius 2 is 0.692 bits per heavy atom. The molecule has 0 aromatic carbocycles. The SMILES string of the molecule is CCCCCCCCCCCCCC(=O)OCC(COC(=O)CCCCCCCCCCCCC)(COC(=O)CCCCCCCCCCCCC)NCCS(=O)(=O)NCCCN(C)C. The second kappa shape index (κ2) is 46.0. The second-order valence-electron chi connectivity index (χ2n) is 19.4. The van der Waals surface area contributed by atoms with Gasteiger partial charge in [-0.05, 0) is 46.3 Å². The van der Waals surface area contributed by atoms with Crippen LogP contribution >= 0.6 is 0 Å². The third kappa shape index (κ3) is 44.5. The van der Waals surface area contributed by atoms with Crippen LogP contribution in [0.4, 0.5) is 0 Å². The summed E-state index contributed by atoms with van der Waals surface area (Å²) in [6, 6.07) is 0. The minimum atomic E-state index is -3.64. The molecular weight excluding hydrogens is 839 g/mol. The van der Waals surface area contributed by atoms with Gasteiger partial charge in [0.2, 0.25) is 10.0 Å². The molecule has 0 unspecified atom stereocenters. The number of sulfonamides is 1. The fraction of sp³-hybridized carbons (Fsp3) is 0.943. The first-order chi connectivity index (χ1) is 31.5. The zero-order chi connectivity index (χ0) is 48.0. The minimum absolute atomic E-state index is 0.0223. The molecule has 0 atom stereocenters. The summed E-state index contributed by atoms with van der Waals surface area (Å²) in [6.07, 6.45) is 40.2. The number of carbonyl (C=O) groups is 3. The topological polar surface area (TPSA) is 140 Å². The maximum Gasteiger partial charge on any atom is 0.305 e. The molecule has 0 aromatic heterocycles. The Hall–Kier alpha value is -1.76. The molecule has 12 heteroatoms. The van der Waals surface area contributed by atoms with E-state index in [1.165, 1.54) is 154 Å². The molecule has 0 spiro atoms. The fourth-order valence-corrected chi connectivity index (χ4v) is 9.07. The summed E-state index contributed by atoms with van der Waals surface area (Å²) in [6.45, 7) is 7.09. The fourth-order valence-electron chi connectivity index (χ4n) is 8.10. The van der Waals surface area contributed by atoms with Crippen LogP contribution in [-0.2, 0) is 38.6 Å². The molecule has 0 fully saturated rings. The molecule has 0 aliphatic carbocycles. The van der Waals surface area contributed by atoms with Crippen LogP contribution in [0.2, 0.25) is 0 Å². The van der Waals surface area contributed by atoms with Crippen molar-refractivity contribution in [1.82, 2.24) is 14.9 Å². The van der Waals surface area contributed by atoms with Crippen LogP contribution < -0.4 is 10.0 Å². The zero-order valence-electron chi connectivity index (χ0n) is 43.2. The Bertz CT molecular complexity index is 1100. The first-order valence-corrected chi connectivity index (χ1v) is 29.0. The lowest BCUT2D eigenvalue weighted by Gasteiger charge is -2.33. The highest BCUT2D eigenvalue weighted by Crippen LogP contribution is 2.17. The second-order valence-corrected chi connectivity index (χ2v) is 21.3. The highest BCUT2D eigenvalue weighted by atomic mass is 32.2. The number of nitrogens with one attached hydrogen (secondary N) is 2. The average Bonchev–Trinajstić information content (AvgIpc) is 3.28. The molecule has 0 saturated heterocycles. The van der Waals surface area contributed by atoms with Crippen molar-refractivity contribution in [2.45, 2.75) is 264 Å². The quantitative estimate of drug-likeness (QED) is 0.0344. The van der Waals surface area contributed by atoms with E-state index in [1.54, 1.807) is 0 Å². The Kier molecular flexibility index (Phi) is 44.7. The predicted molar refractivity (Wildman–Crippen MR) is 272 cm³/mol. The average molecular weight is 945 g/mol. The van der Waals surface area contributed by atoms with Crippen LogP contribution in [-0.4, -0.2) is 96.1 Å². The van der Waals surface area contributed by atoms with E-state index in [1.807, 2.05) is 19.0 Å². The van der Waals surface area contributed by atoms with E-state index >= 15 is 0 Å². The summed E-state index contributed by atoms with van der Waals surface area (Å²) < 4.78 is 46.2. The summed E-state index contributed by atoms with van der Waals surface area (Å²) in [5.41, 5.74) is -1.31. The van der Waals surface area contributed by atoms with Gasteiger partial charge in [0.15, 0.2) is 0 Å². The van der Waals surface area contributed by atoms with Gasteiger partial charge in [-0.3, -0.25) is 14.4 Å². The molecule has 386 valence electrons. The van der Waals surface area contributed by atoms with E-state index in [2.05, 4.69) is 30.8 Å². The van der Waals surface area contributed by atoms with E-state index in [-0.39, 0.29) is 69.3 Å². The van der Waals surface area contributed by atoms with Crippen LogP contribution in [0.25, 0.3) is 0 Å². The van der Waals surface area contributed by atoms with Gasteiger partial charge in [0.05, 0.1) is 5.75 Å². The molecular formula is C53H105N3O8S. The van der Waals surface area contributed by atoms with Crippen LogP contribution in [0.1, 0.15) is 258 Å². The van der Waals surface area contributed by atoms with E-state index in [0.29, 0.717) is 13.0 Å². The standard InChI is InChI=1S/C53H105N3O8S/c1-6-9-12-15-18-21-24-27-30-33-36-40-50(57)62-47-53(54-44-46-65(60,61)55-43-39-45-56(4)5,48-63-51(58)41-37-34-31-28-25-22-19-16-13-10-7-2)49-64-52(59)42-38-35-32-29-26-23-20-17-14-11-8-3/h54-55H,6-49H2,1-5H3.